The van der Waals surface area contributed by atoms with Crippen molar-refractivity contribution in [2.75, 3.05) is 13.3 Å². The van der Waals surface area contributed by atoms with Crippen LogP contribution in [0.4, 0.5) is 0 Å². The van der Waals surface area contributed by atoms with E-state index in [1.54, 1.807) is 0 Å². The number of nitrogens with two attached hydrogens (primary N) is 1. The van der Waals surface area contributed by atoms with Gasteiger partial charge in [-0.05, 0) is 0 Å². The van der Waals surface area contributed by atoms with Crippen LogP contribution in [0, 0.1) is 0 Å². The molecule has 5 heteroatoms. The van der Waals surface area contributed by atoms with E-state index in [2.05, 4.69) is 9.47 Å². The van der Waals surface area contributed by atoms with Crippen molar-refractivity contribution in [1.29, 1.82) is 0 Å². The minimum atomic E-state index is -0.468. The van der Waals surface area contributed by atoms with Crippen molar-refractivity contribution in [1.82, 2.24) is 0 Å². The number of hydrogen-bond donors (Lipinski definition) is 1. The zero-order valence-corrected chi connectivity index (χ0v) is 5.41. The largest absolute Gasteiger partial charge is 0.430 e. The molecule has 0 heterocycles. The van der Waals surface area contributed by atoms with Crippen LogP contribution >= 0.6 is 0 Å². The van der Waals surface area contributed by atoms with Gasteiger partial charge >= 0.3 is 5.97 Å². The van der Waals surface area contributed by atoms with Crippen LogP contribution in [0.25, 0.3) is 0 Å². The minimum absolute atomic E-state index is 0.141. The third kappa shape index (κ3) is 5.04. The molecule has 0 bridgehead atoms. The Hall–Kier alpha value is -1.10. The molecule has 10 heavy (non-hydrogen) atoms. The van der Waals surface area contributed by atoms with Gasteiger partial charge in [-0.2, -0.15) is 0 Å². The van der Waals surface area contributed by atoms with Crippen LogP contribution in [0.5, 0.6) is 0 Å². The number of carbonyl (C=O) groups is 2. The number of rotatable bonds is 5. The van der Waals surface area contributed by atoms with Crippen molar-refractivity contribution in [3.63, 3.8) is 0 Å². The molecule has 0 rings (SSSR count). The van der Waals surface area contributed by atoms with Crippen molar-refractivity contribution < 1.29 is 19.1 Å². The number of esters is 1. The summed E-state index contributed by atoms with van der Waals surface area (Å²) in [6, 6.07) is 0. The highest BCUT2D eigenvalue weighted by Crippen LogP contribution is 1.82. The van der Waals surface area contributed by atoms with Gasteiger partial charge in [0.1, 0.15) is 0 Å². The predicted molar refractivity (Wildman–Crippen MR) is 31.8 cm³/mol. The molecule has 2 N–H and O–H groups in total. The Kier molecular flexibility index (Phi) is 5.36. The molecule has 0 unspecified atom stereocenters. The van der Waals surface area contributed by atoms with Crippen LogP contribution in [-0.2, 0) is 19.1 Å². The highest BCUT2D eigenvalue weighted by molar-refractivity contribution is 5.69. The number of ether oxygens (including phenoxy) is 2. The standard InChI is InChI=1S/C5H9NO4/c6-2-1-5(8)10-4-9-3-7/h3H,1-2,4,6H2. The summed E-state index contributed by atoms with van der Waals surface area (Å²) in [6.45, 7) is 0.109. The Labute approximate surface area is 58.1 Å². The Morgan fingerprint density at radius 2 is 2.30 bits per heavy atom. The van der Waals surface area contributed by atoms with Crippen molar-refractivity contribution in [2.45, 2.75) is 6.42 Å². The van der Waals surface area contributed by atoms with Gasteiger partial charge in [-0.15, -0.1) is 0 Å². The summed E-state index contributed by atoms with van der Waals surface area (Å²) in [5, 5.41) is 0. The minimum Gasteiger partial charge on any atom is -0.430 e. The highest BCUT2D eigenvalue weighted by atomic mass is 16.7. The maximum Gasteiger partial charge on any atom is 0.309 e. The van der Waals surface area contributed by atoms with Gasteiger partial charge in [0, 0.05) is 6.54 Å². The van der Waals surface area contributed by atoms with Gasteiger partial charge in [0.2, 0.25) is 6.79 Å². The fourth-order valence-electron chi connectivity index (χ4n) is 0.318. The maximum atomic E-state index is 10.4. The molecule has 58 valence electrons. The molecule has 0 aliphatic rings. The van der Waals surface area contributed by atoms with E-state index in [1.165, 1.54) is 0 Å². The average Bonchev–Trinajstić information content (AvgIpc) is 1.89. The Balaban J connectivity index is 3.13. The Bertz CT molecular complexity index is 114. The molecule has 0 fully saturated rings. The molecular formula is C5H9NO4. The molecule has 0 atom stereocenters. The van der Waals surface area contributed by atoms with Crippen LogP contribution in [0.2, 0.25) is 0 Å². The molecule has 0 amide bonds. The van der Waals surface area contributed by atoms with E-state index in [9.17, 15) is 9.59 Å². The van der Waals surface area contributed by atoms with Gasteiger partial charge in [0.05, 0.1) is 6.42 Å². The van der Waals surface area contributed by atoms with E-state index in [0.717, 1.165) is 0 Å². The topological polar surface area (TPSA) is 78.6 Å². The van der Waals surface area contributed by atoms with Crippen LogP contribution in [0.1, 0.15) is 6.42 Å². The van der Waals surface area contributed by atoms with E-state index in [0.29, 0.717) is 0 Å². The molecule has 0 saturated heterocycles. The molecule has 0 aliphatic heterocycles. The lowest BCUT2D eigenvalue weighted by atomic mass is 10.4. The Morgan fingerprint density at radius 1 is 1.60 bits per heavy atom. The molecule has 0 aliphatic carbocycles. The molecule has 0 aromatic carbocycles. The van der Waals surface area contributed by atoms with E-state index in [-0.39, 0.29) is 26.2 Å². The molecular weight excluding hydrogens is 138 g/mol. The second-order valence-electron chi connectivity index (χ2n) is 1.44. The first-order valence-corrected chi connectivity index (χ1v) is 2.72. The van der Waals surface area contributed by atoms with Crippen molar-refractivity contribution in [3.8, 4) is 0 Å². The first-order valence-electron chi connectivity index (χ1n) is 2.72. The summed E-state index contributed by atoms with van der Waals surface area (Å²) in [7, 11) is 0. The first kappa shape index (κ1) is 8.90. The average molecular weight is 147 g/mol. The second kappa shape index (κ2) is 6.03. The maximum absolute atomic E-state index is 10.4. The third-order valence-electron chi connectivity index (χ3n) is 0.704. The van der Waals surface area contributed by atoms with Crippen LogP contribution in [0.15, 0.2) is 0 Å². The monoisotopic (exact) mass is 147 g/mol. The van der Waals surface area contributed by atoms with Gasteiger partial charge in [-0.1, -0.05) is 0 Å². The SMILES string of the molecule is NCCC(=O)OCOC=O. The summed E-state index contributed by atoms with van der Waals surface area (Å²) in [6.07, 6.45) is 0.141. The van der Waals surface area contributed by atoms with Gasteiger partial charge in [0.25, 0.3) is 6.47 Å². The van der Waals surface area contributed by atoms with Gasteiger partial charge in [0.15, 0.2) is 0 Å². The van der Waals surface area contributed by atoms with Gasteiger partial charge in [-0.25, -0.2) is 0 Å². The summed E-state index contributed by atoms with van der Waals surface area (Å²) >= 11 is 0. The van der Waals surface area contributed by atoms with Crippen molar-refractivity contribution in [3.05, 3.63) is 0 Å². The lowest BCUT2D eigenvalue weighted by Crippen LogP contribution is -2.12. The summed E-state index contributed by atoms with van der Waals surface area (Å²) in [5.74, 6) is -0.468. The molecule has 0 radical (unpaired) electrons. The summed E-state index contributed by atoms with van der Waals surface area (Å²) in [5.41, 5.74) is 5.02. The zero-order valence-electron chi connectivity index (χ0n) is 5.41. The van der Waals surface area contributed by atoms with Crippen LogP contribution in [-0.4, -0.2) is 25.8 Å². The summed E-state index contributed by atoms with van der Waals surface area (Å²) in [4.78, 5) is 19.9. The highest BCUT2D eigenvalue weighted by Gasteiger charge is 1.98. The quantitative estimate of drug-likeness (QED) is 0.234. The van der Waals surface area contributed by atoms with Gasteiger partial charge < -0.3 is 15.2 Å². The van der Waals surface area contributed by atoms with E-state index >= 15 is 0 Å². The van der Waals surface area contributed by atoms with E-state index < -0.39 is 5.97 Å². The molecule has 0 aromatic rings. The number of carbonyl (C=O) groups excluding carboxylic acids is 2. The van der Waals surface area contributed by atoms with Crippen molar-refractivity contribution in [2.24, 2.45) is 5.73 Å². The second-order valence-corrected chi connectivity index (χ2v) is 1.44. The molecule has 5 nitrogen and oxygen atoms in total. The number of hydrogen-bond acceptors (Lipinski definition) is 5. The third-order valence-corrected chi connectivity index (χ3v) is 0.704. The lowest BCUT2D eigenvalue weighted by Gasteiger charge is -1.99. The first-order chi connectivity index (χ1) is 4.81. The molecule has 0 spiro atoms. The molecule has 0 aromatic heterocycles. The fraction of sp³-hybridized carbons (Fsp3) is 0.600. The van der Waals surface area contributed by atoms with Crippen LogP contribution < -0.4 is 5.73 Å². The smallest absolute Gasteiger partial charge is 0.309 e. The van der Waals surface area contributed by atoms with E-state index in [4.69, 9.17) is 5.73 Å². The zero-order chi connectivity index (χ0) is 7.82. The predicted octanol–water partition coefficient (Wildman–Crippen LogP) is -0.991. The Morgan fingerprint density at radius 3 is 2.80 bits per heavy atom. The van der Waals surface area contributed by atoms with E-state index in [1.807, 2.05) is 0 Å². The lowest BCUT2D eigenvalue weighted by molar-refractivity contribution is -0.159. The fourth-order valence-corrected chi connectivity index (χ4v) is 0.318. The normalized spacial score (nSPS) is 8.50. The van der Waals surface area contributed by atoms with Crippen molar-refractivity contribution >= 4 is 12.4 Å². The summed E-state index contributed by atoms with van der Waals surface area (Å²) < 4.78 is 8.44. The van der Waals surface area contributed by atoms with Gasteiger partial charge in [-0.3, -0.25) is 9.59 Å². The molecule has 0 saturated carbocycles. The van der Waals surface area contributed by atoms with Crippen LogP contribution in [0.3, 0.4) is 0 Å².